The molecular weight excluding hydrogens is 465 g/mol. The van der Waals surface area contributed by atoms with Crippen molar-refractivity contribution < 1.29 is 14.2 Å². The minimum Gasteiger partial charge on any atom is -0.493 e. The molecule has 0 saturated heterocycles. The van der Waals surface area contributed by atoms with Gasteiger partial charge in [-0.3, -0.25) is 4.99 Å². The molecule has 0 unspecified atom stereocenters. The number of halogens is 2. The van der Waals surface area contributed by atoms with E-state index in [0.29, 0.717) is 31.2 Å². The fourth-order valence-corrected chi connectivity index (χ4v) is 2.40. The third-order valence-electron chi connectivity index (χ3n) is 2.78. The number of nitrogens with one attached hydrogen (secondary N) is 2. The van der Waals surface area contributed by atoms with Gasteiger partial charge in [0.1, 0.15) is 0 Å². The summed E-state index contributed by atoms with van der Waals surface area (Å²) in [7, 11) is 6.63. The maximum Gasteiger partial charge on any atom is 0.191 e. The van der Waals surface area contributed by atoms with Crippen LogP contribution in [0.2, 0.25) is 0 Å². The minimum atomic E-state index is 0. The van der Waals surface area contributed by atoms with E-state index in [1.807, 2.05) is 12.1 Å². The van der Waals surface area contributed by atoms with Crippen LogP contribution in [0.5, 0.6) is 11.5 Å². The second-order valence-electron chi connectivity index (χ2n) is 4.16. The van der Waals surface area contributed by atoms with Gasteiger partial charge in [0.15, 0.2) is 17.5 Å². The van der Waals surface area contributed by atoms with Gasteiger partial charge in [-0.05, 0) is 33.6 Å². The molecule has 6 nitrogen and oxygen atoms in total. The molecule has 0 aliphatic heterocycles. The first kappa shape index (κ1) is 21.3. The van der Waals surface area contributed by atoms with Crippen LogP contribution in [0.1, 0.15) is 5.56 Å². The fraction of sp³-hybridized carbons (Fsp3) is 0.500. The van der Waals surface area contributed by atoms with Gasteiger partial charge in [0.25, 0.3) is 0 Å². The Kier molecular flexibility index (Phi) is 11.4. The standard InChI is InChI=1S/C14H22BrN3O3.HI/c1-16-14(17-5-6-19-2)18-9-10-7-11(15)13(21-4)12(8-10)20-3;/h7-8H,5-6,9H2,1-4H3,(H2,16,17,18);1H. The van der Waals surface area contributed by atoms with E-state index in [-0.39, 0.29) is 24.0 Å². The molecule has 0 amide bonds. The van der Waals surface area contributed by atoms with Gasteiger partial charge in [-0.25, -0.2) is 0 Å². The van der Waals surface area contributed by atoms with E-state index in [9.17, 15) is 0 Å². The lowest BCUT2D eigenvalue weighted by molar-refractivity contribution is 0.203. The van der Waals surface area contributed by atoms with E-state index in [2.05, 4.69) is 31.6 Å². The number of ether oxygens (including phenoxy) is 3. The van der Waals surface area contributed by atoms with Crippen LogP contribution >= 0.6 is 39.9 Å². The van der Waals surface area contributed by atoms with Crippen LogP contribution in [0, 0.1) is 0 Å². The fourth-order valence-electron chi connectivity index (χ4n) is 1.75. The van der Waals surface area contributed by atoms with Crippen LogP contribution in [-0.2, 0) is 11.3 Å². The molecule has 8 heteroatoms. The lowest BCUT2D eigenvalue weighted by Gasteiger charge is -2.14. The maximum atomic E-state index is 5.33. The monoisotopic (exact) mass is 487 g/mol. The first-order valence-electron chi connectivity index (χ1n) is 6.50. The van der Waals surface area contributed by atoms with Crippen LogP contribution in [0.3, 0.4) is 0 Å². The Hall–Kier alpha value is -0.740. The Labute approximate surface area is 157 Å². The quantitative estimate of drug-likeness (QED) is 0.267. The Morgan fingerprint density at radius 2 is 1.91 bits per heavy atom. The van der Waals surface area contributed by atoms with E-state index in [1.165, 1.54) is 0 Å². The molecule has 22 heavy (non-hydrogen) atoms. The largest absolute Gasteiger partial charge is 0.493 e. The molecule has 0 aliphatic rings. The van der Waals surface area contributed by atoms with Gasteiger partial charge in [0.05, 0.1) is 25.3 Å². The van der Waals surface area contributed by atoms with Gasteiger partial charge in [-0.2, -0.15) is 0 Å². The highest BCUT2D eigenvalue weighted by Crippen LogP contribution is 2.36. The van der Waals surface area contributed by atoms with Gasteiger partial charge in [-0.1, -0.05) is 0 Å². The lowest BCUT2D eigenvalue weighted by atomic mass is 10.2. The summed E-state index contributed by atoms with van der Waals surface area (Å²) in [6, 6.07) is 3.91. The highest BCUT2D eigenvalue weighted by atomic mass is 127. The van der Waals surface area contributed by atoms with Crippen LogP contribution in [-0.4, -0.2) is 47.5 Å². The van der Waals surface area contributed by atoms with Crippen molar-refractivity contribution in [2.75, 3.05) is 41.5 Å². The summed E-state index contributed by atoms with van der Waals surface area (Å²) < 4.78 is 16.5. The van der Waals surface area contributed by atoms with E-state index in [4.69, 9.17) is 14.2 Å². The Bertz CT molecular complexity index is 487. The number of hydrogen-bond acceptors (Lipinski definition) is 4. The van der Waals surface area contributed by atoms with Crippen molar-refractivity contribution in [1.29, 1.82) is 0 Å². The maximum absolute atomic E-state index is 5.33. The summed E-state index contributed by atoms with van der Waals surface area (Å²) in [5.41, 5.74) is 1.05. The molecular formula is C14H23BrIN3O3. The minimum absolute atomic E-state index is 0. The van der Waals surface area contributed by atoms with Crippen LogP contribution in [0.25, 0.3) is 0 Å². The molecule has 0 fully saturated rings. The molecule has 126 valence electrons. The zero-order chi connectivity index (χ0) is 15.7. The molecule has 0 atom stereocenters. The third-order valence-corrected chi connectivity index (χ3v) is 3.36. The number of nitrogens with zero attached hydrogens (tertiary/aromatic N) is 1. The molecule has 2 N–H and O–H groups in total. The average molecular weight is 488 g/mol. The Morgan fingerprint density at radius 1 is 1.18 bits per heavy atom. The molecule has 0 aliphatic carbocycles. The van der Waals surface area contributed by atoms with Crippen LogP contribution in [0.15, 0.2) is 21.6 Å². The lowest BCUT2D eigenvalue weighted by Crippen LogP contribution is -2.38. The predicted molar refractivity (Wildman–Crippen MR) is 103 cm³/mol. The zero-order valence-electron chi connectivity index (χ0n) is 13.2. The van der Waals surface area contributed by atoms with E-state index < -0.39 is 0 Å². The molecule has 1 rings (SSSR count). The smallest absolute Gasteiger partial charge is 0.191 e. The van der Waals surface area contributed by atoms with Crippen LogP contribution in [0.4, 0.5) is 0 Å². The van der Waals surface area contributed by atoms with E-state index in [1.54, 1.807) is 28.4 Å². The topological polar surface area (TPSA) is 64.1 Å². The number of aliphatic imine (C=N–C) groups is 1. The Balaban J connectivity index is 0.00000441. The van der Waals surface area contributed by atoms with Crippen LogP contribution < -0.4 is 20.1 Å². The Morgan fingerprint density at radius 3 is 2.45 bits per heavy atom. The number of benzene rings is 1. The normalized spacial score (nSPS) is 10.7. The first-order valence-corrected chi connectivity index (χ1v) is 7.29. The van der Waals surface area contributed by atoms with Crippen molar-refractivity contribution >= 4 is 45.9 Å². The highest BCUT2D eigenvalue weighted by Gasteiger charge is 2.10. The summed E-state index contributed by atoms with van der Waals surface area (Å²) in [6.45, 7) is 1.94. The van der Waals surface area contributed by atoms with Gasteiger partial charge in [0, 0.05) is 27.2 Å². The summed E-state index contributed by atoms with van der Waals surface area (Å²) in [5, 5.41) is 6.38. The third kappa shape index (κ3) is 6.57. The van der Waals surface area contributed by atoms with Crippen molar-refractivity contribution in [3.05, 3.63) is 22.2 Å². The number of guanidine groups is 1. The molecule has 0 bridgehead atoms. The first-order chi connectivity index (χ1) is 10.2. The zero-order valence-corrected chi connectivity index (χ0v) is 17.2. The molecule has 1 aromatic rings. The second kappa shape index (κ2) is 11.8. The van der Waals surface area contributed by atoms with Crippen molar-refractivity contribution in [2.45, 2.75) is 6.54 Å². The average Bonchev–Trinajstić information content (AvgIpc) is 2.50. The van der Waals surface area contributed by atoms with Crippen molar-refractivity contribution in [3.8, 4) is 11.5 Å². The summed E-state index contributed by atoms with van der Waals surface area (Å²) in [4.78, 5) is 4.14. The molecule has 0 radical (unpaired) electrons. The predicted octanol–water partition coefficient (Wildman–Crippen LogP) is 2.40. The molecule has 0 spiro atoms. The molecule has 0 aromatic heterocycles. The van der Waals surface area contributed by atoms with Gasteiger partial charge >= 0.3 is 0 Å². The molecule has 1 aromatic carbocycles. The van der Waals surface area contributed by atoms with Crippen molar-refractivity contribution in [2.24, 2.45) is 4.99 Å². The number of methoxy groups -OCH3 is 3. The summed E-state index contributed by atoms with van der Waals surface area (Å²) in [5.74, 6) is 2.09. The van der Waals surface area contributed by atoms with Gasteiger partial charge < -0.3 is 24.8 Å². The van der Waals surface area contributed by atoms with E-state index in [0.717, 1.165) is 16.0 Å². The number of hydrogen-bond donors (Lipinski definition) is 2. The highest BCUT2D eigenvalue weighted by molar-refractivity contribution is 14.0. The number of rotatable bonds is 7. The van der Waals surface area contributed by atoms with Gasteiger partial charge in [-0.15, -0.1) is 24.0 Å². The summed E-state index contributed by atoms with van der Waals surface area (Å²) >= 11 is 3.48. The van der Waals surface area contributed by atoms with Crippen molar-refractivity contribution in [1.82, 2.24) is 10.6 Å². The SMILES string of the molecule is CN=C(NCCOC)NCc1cc(Br)c(OC)c(OC)c1.I. The van der Waals surface area contributed by atoms with Gasteiger partial charge in [0.2, 0.25) is 0 Å². The summed E-state index contributed by atoms with van der Waals surface area (Å²) in [6.07, 6.45) is 0. The van der Waals surface area contributed by atoms with Crippen molar-refractivity contribution in [3.63, 3.8) is 0 Å². The van der Waals surface area contributed by atoms with E-state index >= 15 is 0 Å². The molecule has 0 saturated carbocycles. The molecule has 0 heterocycles. The second-order valence-corrected chi connectivity index (χ2v) is 5.01.